The topological polar surface area (TPSA) is 144 Å². The van der Waals surface area contributed by atoms with Crippen LogP contribution >= 0.6 is 0 Å². The lowest BCUT2D eigenvalue weighted by molar-refractivity contribution is -0.143. The Kier molecular flexibility index (Phi) is 17.4. The molecule has 0 fully saturated rings. The van der Waals surface area contributed by atoms with E-state index >= 15 is 0 Å². The van der Waals surface area contributed by atoms with Crippen molar-refractivity contribution in [2.75, 3.05) is 0 Å². The van der Waals surface area contributed by atoms with Crippen molar-refractivity contribution in [3.63, 3.8) is 0 Å². The van der Waals surface area contributed by atoms with Gasteiger partial charge in [-0.25, -0.2) is 14.4 Å². The first kappa shape index (κ1) is 54.2. The Bertz CT molecular complexity index is 3560. The van der Waals surface area contributed by atoms with E-state index in [1.54, 1.807) is 0 Å². The average molecular weight is 1070 g/mol. The van der Waals surface area contributed by atoms with Crippen molar-refractivity contribution in [3.05, 3.63) is 268 Å². The van der Waals surface area contributed by atoms with Gasteiger partial charge >= 0.3 is 17.9 Å². The fourth-order valence-electron chi connectivity index (χ4n) is 9.06. The molecule has 12 heteroatoms. The van der Waals surface area contributed by atoms with Gasteiger partial charge in [-0.15, -0.1) is 0 Å². The summed E-state index contributed by atoms with van der Waals surface area (Å²) in [6.07, 6.45) is 0.110. The van der Waals surface area contributed by atoms with Crippen LogP contribution in [0.4, 0.5) is 0 Å². The molecule has 0 aromatic heterocycles. The number of oxime groups is 3. The van der Waals surface area contributed by atoms with Crippen molar-refractivity contribution >= 4 is 67.4 Å². The van der Waals surface area contributed by atoms with E-state index in [4.69, 9.17) is 28.7 Å². The minimum atomic E-state index is -0.479. The molecule has 0 aliphatic heterocycles. The highest BCUT2D eigenvalue weighted by molar-refractivity contribution is 6.03. The Morgan fingerprint density at radius 2 is 0.556 bits per heavy atom. The second-order valence-corrected chi connectivity index (χ2v) is 19.6. The van der Waals surface area contributed by atoms with Gasteiger partial charge in [0.15, 0.2) is 0 Å². The Morgan fingerprint density at radius 1 is 0.296 bits per heavy atom. The van der Waals surface area contributed by atoms with Crippen LogP contribution in [0.2, 0.25) is 0 Å². The standard InChI is InChI=1S/C69H57N3O9/c1-46(58-25-22-55-10-4-7-13-61(55)40-58)70-79-67(73)37-49-16-28-64(29-17-49)76-43-52-34-53(44-77-65-30-18-50(19-31-65)38-68(74)80-71-47(2)59-26-23-56-11-5-8-14-62(56)41-59)36-54(35-52)45-78-66-32-20-51(21-33-66)39-69(75)81-72-48(3)60-27-24-57-12-6-9-15-63(57)42-60/h4-36,40-42H,37-39,43-45H2,1-3H3/b70-46-,71-47+,72-48+. The summed E-state index contributed by atoms with van der Waals surface area (Å²) in [7, 11) is 0. The zero-order chi connectivity index (χ0) is 55.9. The molecule has 0 atom stereocenters. The van der Waals surface area contributed by atoms with Gasteiger partial charge < -0.3 is 28.7 Å². The molecule has 0 aliphatic rings. The number of ether oxygens (including phenoxy) is 3. The molecule has 0 amide bonds. The van der Waals surface area contributed by atoms with Crippen molar-refractivity contribution in [3.8, 4) is 17.2 Å². The lowest BCUT2D eigenvalue weighted by atomic mass is 10.0. The van der Waals surface area contributed by atoms with Crippen LogP contribution in [0.25, 0.3) is 32.3 Å². The largest absolute Gasteiger partial charge is 0.489 e. The third kappa shape index (κ3) is 15.1. The predicted octanol–water partition coefficient (Wildman–Crippen LogP) is 14.4. The van der Waals surface area contributed by atoms with Gasteiger partial charge in [-0.1, -0.05) is 161 Å². The summed E-state index contributed by atoms with van der Waals surface area (Å²) in [5.41, 5.74) is 9.30. The molecule has 0 saturated carbocycles. The van der Waals surface area contributed by atoms with Crippen molar-refractivity contribution in [1.82, 2.24) is 0 Å². The zero-order valence-electron chi connectivity index (χ0n) is 45.0. The Hall–Kier alpha value is -10.2. The van der Waals surface area contributed by atoms with Gasteiger partial charge in [0.25, 0.3) is 0 Å². The Morgan fingerprint density at radius 3 is 0.827 bits per heavy atom. The van der Waals surface area contributed by atoms with E-state index in [9.17, 15) is 14.4 Å². The first-order valence-corrected chi connectivity index (χ1v) is 26.5. The number of hydrogen-bond donors (Lipinski definition) is 0. The summed E-state index contributed by atoms with van der Waals surface area (Å²) in [5, 5.41) is 18.9. The third-order valence-corrected chi connectivity index (χ3v) is 13.5. The van der Waals surface area contributed by atoms with Gasteiger partial charge in [-0.2, -0.15) is 0 Å². The SMILES string of the molecule is C/C(=N/OC(=O)Cc1ccc(OCc2cc(COc3ccc(CC(=O)O/N=C(\C)c4ccc5ccccc5c4)cc3)cc(COc3ccc(CC(=O)O/N=C(\C)c4ccc5ccccc5c4)cc3)c2)cc1)c1ccc2ccccc2c1. The molecule has 10 aromatic rings. The molecule has 81 heavy (non-hydrogen) atoms. The number of carbonyl (C=O) groups is 3. The third-order valence-electron chi connectivity index (χ3n) is 13.5. The van der Waals surface area contributed by atoms with Gasteiger partial charge in [0.1, 0.15) is 37.1 Å². The minimum Gasteiger partial charge on any atom is -0.489 e. The van der Waals surface area contributed by atoms with Gasteiger partial charge in [0, 0.05) is 0 Å². The van der Waals surface area contributed by atoms with Crippen LogP contribution in [0.5, 0.6) is 17.2 Å². The molecule has 0 unspecified atom stereocenters. The lowest BCUT2D eigenvalue weighted by Gasteiger charge is -2.14. The van der Waals surface area contributed by atoms with E-state index in [0.29, 0.717) is 34.4 Å². The molecule has 0 N–H and O–H groups in total. The number of benzene rings is 10. The molecule has 402 valence electrons. The molecular weight excluding hydrogens is 1010 g/mol. The summed E-state index contributed by atoms with van der Waals surface area (Å²) in [6, 6.07) is 70.0. The Balaban J connectivity index is 0.751. The van der Waals surface area contributed by atoms with E-state index in [1.807, 2.05) is 239 Å². The van der Waals surface area contributed by atoms with Crippen molar-refractivity contribution in [2.24, 2.45) is 15.5 Å². The lowest BCUT2D eigenvalue weighted by Crippen LogP contribution is -2.07. The normalized spacial score (nSPS) is 11.8. The maximum absolute atomic E-state index is 12.8. The molecule has 0 saturated heterocycles. The Labute approximate surface area is 469 Å². The van der Waals surface area contributed by atoms with Crippen molar-refractivity contribution in [1.29, 1.82) is 0 Å². The van der Waals surface area contributed by atoms with Gasteiger partial charge in [-0.3, -0.25) is 0 Å². The van der Waals surface area contributed by atoms with E-state index in [2.05, 4.69) is 15.5 Å². The highest BCUT2D eigenvalue weighted by Gasteiger charge is 2.13. The summed E-state index contributed by atoms with van der Waals surface area (Å²) < 4.78 is 18.8. The van der Waals surface area contributed by atoms with Gasteiger partial charge in [-0.05, 0) is 176 Å². The van der Waals surface area contributed by atoms with Crippen LogP contribution in [0.15, 0.2) is 234 Å². The molecule has 0 radical (unpaired) electrons. The maximum Gasteiger partial charge on any atom is 0.339 e. The smallest absolute Gasteiger partial charge is 0.339 e. The second-order valence-electron chi connectivity index (χ2n) is 19.6. The number of nitrogens with zero attached hydrogens (tertiary/aromatic N) is 3. The number of hydrogen-bond acceptors (Lipinski definition) is 12. The molecule has 0 heterocycles. The number of carbonyl (C=O) groups excluding carboxylic acids is 3. The fourth-order valence-corrected chi connectivity index (χ4v) is 9.06. The average Bonchev–Trinajstić information content (AvgIpc) is 3.52. The molecule has 0 bridgehead atoms. The molecular formula is C69H57N3O9. The van der Waals surface area contributed by atoms with Crippen molar-refractivity contribution in [2.45, 2.75) is 59.9 Å². The summed E-state index contributed by atoms with van der Waals surface area (Å²) in [5.74, 6) is 0.407. The highest BCUT2D eigenvalue weighted by Crippen LogP contribution is 2.24. The van der Waals surface area contributed by atoms with E-state index in [0.717, 1.165) is 82.4 Å². The predicted molar refractivity (Wildman–Crippen MR) is 317 cm³/mol. The number of rotatable bonds is 21. The van der Waals surface area contributed by atoms with Gasteiger partial charge in [0.2, 0.25) is 0 Å². The molecule has 0 aliphatic carbocycles. The van der Waals surface area contributed by atoms with Crippen LogP contribution in [0.1, 0.15) is 70.8 Å². The first-order chi connectivity index (χ1) is 39.5. The van der Waals surface area contributed by atoms with E-state index < -0.39 is 17.9 Å². The fraction of sp³-hybridized carbons (Fsp3) is 0.130. The first-order valence-electron chi connectivity index (χ1n) is 26.5. The van der Waals surface area contributed by atoms with Crippen LogP contribution < -0.4 is 14.2 Å². The van der Waals surface area contributed by atoms with Crippen LogP contribution in [-0.2, 0) is 68.0 Å². The van der Waals surface area contributed by atoms with Crippen LogP contribution in [0, 0.1) is 0 Å². The quantitative estimate of drug-likeness (QED) is 0.0390. The van der Waals surface area contributed by atoms with Crippen LogP contribution in [-0.4, -0.2) is 35.0 Å². The summed E-state index contributed by atoms with van der Waals surface area (Å²) in [4.78, 5) is 54.3. The van der Waals surface area contributed by atoms with Gasteiger partial charge in [0.05, 0.1) is 36.4 Å². The minimum absolute atomic E-state index is 0.0367. The van der Waals surface area contributed by atoms with Crippen LogP contribution in [0.3, 0.4) is 0 Å². The maximum atomic E-state index is 12.8. The highest BCUT2D eigenvalue weighted by atomic mass is 16.7. The molecule has 0 spiro atoms. The van der Waals surface area contributed by atoms with E-state index in [1.165, 1.54) is 0 Å². The van der Waals surface area contributed by atoms with Crippen molar-refractivity contribution < 1.29 is 43.1 Å². The zero-order valence-corrected chi connectivity index (χ0v) is 45.0. The van der Waals surface area contributed by atoms with E-state index in [-0.39, 0.29) is 39.1 Å². The number of fused-ring (bicyclic) bond motifs is 3. The summed E-state index contributed by atoms with van der Waals surface area (Å²) >= 11 is 0. The molecule has 10 aromatic carbocycles. The summed E-state index contributed by atoms with van der Waals surface area (Å²) in [6.45, 7) is 6.14. The monoisotopic (exact) mass is 1070 g/mol. The molecule has 10 rings (SSSR count). The second kappa shape index (κ2) is 26.0. The molecule has 12 nitrogen and oxygen atoms in total.